The highest BCUT2D eigenvalue weighted by Gasteiger charge is 2.09. The molecule has 0 spiro atoms. The van der Waals surface area contributed by atoms with E-state index in [9.17, 15) is 0 Å². The molecule has 2 rings (SSSR count). The van der Waals surface area contributed by atoms with Crippen molar-refractivity contribution >= 4 is 22.9 Å². The number of nitrogens with zero attached hydrogens (tertiary/aromatic N) is 2. The van der Waals surface area contributed by atoms with Crippen LogP contribution >= 0.6 is 22.9 Å². The summed E-state index contributed by atoms with van der Waals surface area (Å²) in [4.78, 5) is 5.10. The van der Waals surface area contributed by atoms with Crippen molar-refractivity contribution in [2.24, 2.45) is 0 Å². The number of thiophene rings is 1. The van der Waals surface area contributed by atoms with Gasteiger partial charge in [0.1, 0.15) is 0 Å². The molecular weight excluding hydrogens is 208 g/mol. The van der Waals surface area contributed by atoms with E-state index < -0.39 is 0 Å². The molecule has 0 aliphatic carbocycles. The van der Waals surface area contributed by atoms with E-state index in [1.165, 1.54) is 11.3 Å². The second-order valence-electron chi connectivity index (χ2n) is 2.50. The van der Waals surface area contributed by atoms with E-state index in [0.717, 1.165) is 17.1 Å². The molecule has 13 heavy (non-hydrogen) atoms. The van der Waals surface area contributed by atoms with E-state index in [0.29, 0.717) is 10.9 Å². The second kappa shape index (κ2) is 3.47. The Balaban J connectivity index is 2.35. The van der Waals surface area contributed by atoms with E-state index in [1.54, 1.807) is 0 Å². The van der Waals surface area contributed by atoms with Crippen molar-refractivity contribution in [3.63, 3.8) is 0 Å². The smallest absolute Gasteiger partial charge is 0.268 e. The molecule has 2 aromatic heterocycles. The number of aryl methyl sites for hydroxylation is 1. The molecule has 0 aromatic carbocycles. The van der Waals surface area contributed by atoms with Crippen LogP contribution in [0, 0.1) is 0 Å². The molecule has 0 fully saturated rings. The highest BCUT2D eigenvalue weighted by molar-refractivity contribution is 7.14. The predicted molar refractivity (Wildman–Crippen MR) is 52.0 cm³/mol. The van der Waals surface area contributed by atoms with Gasteiger partial charge < -0.3 is 4.52 Å². The first-order valence-corrected chi connectivity index (χ1v) is 5.12. The molecule has 0 radical (unpaired) electrons. The Bertz CT molecular complexity index is 410. The minimum absolute atomic E-state index is 0.550. The van der Waals surface area contributed by atoms with Crippen LogP contribution in [0.5, 0.6) is 0 Å². The van der Waals surface area contributed by atoms with E-state index in [-0.39, 0.29) is 0 Å². The van der Waals surface area contributed by atoms with Gasteiger partial charge in [-0.05, 0) is 6.07 Å². The number of halogens is 1. The summed E-state index contributed by atoms with van der Waals surface area (Å²) in [6.07, 6.45) is 0.780. The van der Waals surface area contributed by atoms with Gasteiger partial charge in [-0.25, -0.2) is 0 Å². The van der Waals surface area contributed by atoms with Gasteiger partial charge in [0.2, 0.25) is 0 Å². The quantitative estimate of drug-likeness (QED) is 0.772. The maximum atomic E-state index is 5.77. The lowest BCUT2D eigenvalue weighted by Gasteiger charge is -1.82. The van der Waals surface area contributed by atoms with E-state index in [4.69, 9.17) is 16.1 Å². The van der Waals surface area contributed by atoms with Crippen molar-refractivity contribution in [1.29, 1.82) is 0 Å². The molecule has 2 heterocycles. The third-order valence-electron chi connectivity index (χ3n) is 1.56. The molecule has 0 amide bonds. The number of aromatic nitrogens is 2. The van der Waals surface area contributed by atoms with Gasteiger partial charge in [-0.1, -0.05) is 23.7 Å². The lowest BCUT2D eigenvalue weighted by Crippen LogP contribution is -1.80. The lowest BCUT2D eigenvalue weighted by molar-refractivity contribution is 0.424. The first kappa shape index (κ1) is 8.72. The minimum Gasteiger partial charge on any atom is -0.333 e. The summed E-state index contributed by atoms with van der Waals surface area (Å²) in [5.41, 5.74) is 0. The third kappa shape index (κ3) is 1.73. The minimum atomic E-state index is 0.550. The first-order chi connectivity index (χ1) is 6.29. The highest BCUT2D eigenvalue weighted by Crippen LogP contribution is 2.28. The maximum Gasteiger partial charge on any atom is 0.268 e. The van der Waals surface area contributed by atoms with Crippen LogP contribution in [0.2, 0.25) is 5.02 Å². The fraction of sp³-hybridized carbons (Fsp3) is 0.250. The third-order valence-corrected chi connectivity index (χ3v) is 2.83. The molecule has 0 saturated carbocycles. The van der Waals surface area contributed by atoms with Gasteiger partial charge in [-0.3, -0.25) is 0 Å². The monoisotopic (exact) mass is 214 g/mol. The van der Waals surface area contributed by atoms with Gasteiger partial charge in [0, 0.05) is 11.8 Å². The Morgan fingerprint density at radius 2 is 2.46 bits per heavy atom. The van der Waals surface area contributed by atoms with Crippen LogP contribution < -0.4 is 0 Å². The van der Waals surface area contributed by atoms with Gasteiger partial charge in [0.15, 0.2) is 5.82 Å². The fourth-order valence-corrected chi connectivity index (χ4v) is 1.92. The van der Waals surface area contributed by atoms with Crippen molar-refractivity contribution in [2.75, 3.05) is 0 Å². The predicted octanol–water partition coefficient (Wildman–Crippen LogP) is 3.01. The zero-order valence-electron chi connectivity index (χ0n) is 6.95. The van der Waals surface area contributed by atoms with Crippen molar-refractivity contribution in [1.82, 2.24) is 10.1 Å². The van der Waals surface area contributed by atoms with Crippen LogP contribution in [-0.2, 0) is 6.42 Å². The molecule has 0 saturated heterocycles. The molecule has 0 atom stereocenters. The molecule has 5 heteroatoms. The van der Waals surface area contributed by atoms with Crippen LogP contribution in [0.25, 0.3) is 10.8 Å². The molecule has 0 unspecified atom stereocenters. The van der Waals surface area contributed by atoms with Crippen molar-refractivity contribution in [3.8, 4) is 10.8 Å². The summed E-state index contributed by atoms with van der Waals surface area (Å²) in [6.45, 7) is 1.98. The van der Waals surface area contributed by atoms with Crippen LogP contribution in [-0.4, -0.2) is 10.1 Å². The normalized spacial score (nSPS) is 10.6. The van der Waals surface area contributed by atoms with Gasteiger partial charge in [0.05, 0.1) is 9.90 Å². The van der Waals surface area contributed by atoms with Crippen molar-refractivity contribution in [2.45, 2.75) is 13.3 Å². The molecular formula is C8H7ClN2OS. The summed E-state index contributed by atoms with van der Waals surface area (Å²) >= 11 is 7.27. The lowest BCUT2D eigenvalue weighted by atomic mass is 10.4. The highest BCUT2D eigenvalue weighted by atomic mass is 35.5. The molecule has 3 nitrogen and oxygen atoms in total. The second-order valence-corrected chi connectivity index (χ2v) is 3.85. The van der Waals surface area contributed by atoms with Crippen LogP contribution in [0.1, 0.15) is 12.7 Å². The summed E-state index contributed by atoms with van der Waals surface area (Å²) in [6, 6.07) is 1.82. The Kier molecular flexibility index (Phi) is 2.33. The Morgan fingerprint density at radius 1 is 1.62 bits per heavy atom. The van der Waals surface area contributed by atoms with Crippen LogP contribution in [0.15, 0.2) is 16.0 Å². The van der Waals surface area contributed by atoms with Crippen molar-refractivity contribution < 1.29 is 4.52 Å². The SMILES string of the molecule is CCc1noc(-c2cc(Cl)cs2)n1. The van der Waals surface area contributed by atoms with E-state index >= 15 is 0 Å². The zero-order chi connectivity index (χ0) is 9.26. The average Bonchev–Trinajstić information content (AvgIpc) is 2.71. The average molecular weight is 215 g/mol. The topological polar surface area (TPSA) is 38.9 Å². The molecule has 2 aromatic rings. The van der Waals surface area contributed by atoms with Gasteiger partial charge in [-0.2, -0.15) is 4.98 Å². The van der Waals surface area contributed by atoms with Crippen molar-refractivity contribution in [3.05, 3.63) is 22.3 Å². The summed E-state index contributed by atoms with van der Waals surface area (Å²) < 4.78 is 5.05. The molecule has 68 valence electrons. The van der Waals surface area contributed by atoms with Gasteiger partial charge in [0.25, 0.3) is 5.89 Å². The van der Waals surface area contributed by atoms with Crippen LogP contribution in [0.3, 0.4) is 0 Å². The van der Waals surface area contributed by atoms with E-state index in [2.05, 4.69) is 10.1 Å². The zero-order valence-corrected chi connectivity index (χ0v) is 8.52. The number of rotatable bonds is 2. The summed E-state index contributed by atoms with van der Waals surface area (Å²) in [5.74, 6) is 1.27. The van der Waals surface area contributed by atoms with Gasteiger partial charge in [-0.15, -0.1) is 11.3 Å². The summed E-state index contributed by atoms with van der Waals surface area (Å²) in [5, 5.41) is 6.34. The standard InChI is InChI=1S/C8H7ClN2OS/c1-2-7-10-8(12-11-7)6-3-5(9)4-13-6/h3-4H,2H2,1H3. The largest absolute Gasteiger partial charge is 0.333 e. The molecule has 0 aliphatic rings. The molecule has 0 aliphatic heterocycles. The Morgan fingerprint density at radius 3 is 3.00 bits per heavy atom. The first-order valence-electron chi connectivity index (χ1n) is 3.86. The van der Waals surface area contributed by atoms with E-state index in [1.807, 2.05) is 18.4 Å². The molecule has 0 bridgehead atoms. The maximum absolute atomic E-state index is 5.77. The molecule has 0 N–H and O–H groups in total. The summed E-state index contributed by atoms with van der Waals surface area (Å²) in [7, 11) is 0. The number of hydrogen-bond donors (Lipinski definition) is 0. The van der Waals surface area contributed by atoms with Gasteiger partial charge >= 0.3 is 0 Å². The number of hydrogen-bond acceptors (Lipinski definition) is 4. The Labute approximate surface area is 84.3 Å². The Hall–Kier alpha value is -0.870. The fourth-order valence-electron chi connectivity index (χ4n) is 0.923. The van der Waals surface area contributed by atoms with Crippen LogP contribution in [0.4, 0.5) is 0 Å².